The molecule has 29 heavy (non-hydrogen) atoms. The minimum Gasteiger partial charge on any atom is -0.356 e. The molecule has 7 nitrogen and oxygen atoms in total. The maximum Gasteiger partial charge on any atom is 0.252 e. The second-order valence-corrected chi connectivity index (χ2v) is 10.5. The maximum absolute atomic E-state index is 13.1. The zero-order valence-electron chi connectivity index (χ0n) is 15.7. The predicted molar refractivity (Wildman–Crippen MR) is 110 cm³/mol. The van der Waals surface area contributed by atoms with Gasteiger partial charge in [0.1, 0.15) is 10.9 Å². The fraction of sp³-hybridized carbons (Fsp3) is 0.350. The van der Waals surface area contributed by atoms with Gasteiger partial charge in [0.15, 0.2) is 5.76 Å². The molecule has 1 aromatic carbocycles. The Hall–Kier alpha value is -2.20. The van der Waals surface area contributed by atoms with E-state index in [1.165, 1.54) is 22.6 Å². The monoisotopic (exact) mass is 431 g/mol. The molecule has 0 radical (unpaired) electrons. The number of benzene rings is 1. The fourth-order valence-corrected chi connectivity index (χ4v) is 6.88. The van der Waals surface area contributed by atoms with Gasteiger partial charge in [-0.1, -0.05) is 23.4 Å². The number of rotatable bonds is 4. The SMILES string of the molecule is O=S(=O)(c1ccc(-c2ccno2)s1)N1CCC(N2COCc3ccccc32)CC1. The maximum atomic E-state index is 13.1. The van der Waals surface area contributed by atoms with Crippen LogP contribution in [0.3, 0.4) is 0 Å². The zero-order chi connectivity index (χ0) is 19.8. The number of nitrogens with zero attached hydrogens (tertiary/aromatic N) is 3. The first-order valence-electron chi connectivity index (χ1n) is 9.56. The van der Waals surface area contributed by atoms with E-state index in [0.717, 1.165) is 17.7 Å². The standard InChI is InChI=1S/C20H21N3O4S2/c24-29(25,20-6-5-19(28-20)18-7-10-21-27-18)22-11-8-16(9-12-22)23-14-26-13-15-3-1-2-4-17(15)23/h1-7,10,16H,8-9,11-14H2. The van der Waals surface area contributed by atoms with Crippen LogP contribution in [0.5, 0.6) is 0 Å². The summed E-state index contributed by atoms with van der Waals surface area (Å²) in [7, 11) is -3.51. The Morgan fingerprint density at radius 3 is 2.69 bits per heavy atom. The largest absolute Gasteiger partial charge is 0.356 e. The lowest BCUT2D eigenvalue weighted by Gasteiger charge is -2.41. The first kappa shape index (κ1) is 18.8. The first-order valence-corrected chi connectivity index (χ1v) is 11.8. The molecule has 1 fully saturated rings. The molecular formula is C20H21N3O4S2. The van der Waals surface area contributed by atoms with Crippen molar-refractivity contribution < 1.29 is 17.7 Å². The average molecular weight is 432 g/mol. The van der Waals surface area contributed by atoms with E-state index in [4.69, 9.17) is 9.26 Å². The Bertz CT molecular complexity index is 1090. The first-order chi connectivity index (χ1) is 14.1. The molecule has 0 unspecified atom stereocenters. The van der Waals surface area contributed by atoms with Crippen LogP contribution >= 0.6 is 11.3 Å². The van der Waals surface area contributed by atoms with Gasteiger partial charge in [-0.25, -0.2) is 8.42 Å². The van der Waals surface area contributed by atoms with Crippen molar-refractivity contribution in [2.75, 3.05) is 24.7 Å². The summed E-state index contributed by atoms with van der Waals surface area (Å²) in [5.41, 5.74) is 2.39. The van der Waals surface area contributed by atoms with Crippen molar-refractivity contribution in [1.29, 1.82) is 0 Å². The summed E-state index contributed by atoms with van der Waals surface area (Å²) in [5, 5.41) is 3.69. The van der Waals surface area contributed by atoms with Gasteiger partial charge >= 0.3 is 0 Å². The smallest absolute Gasteiger partial charge is 0.252 e. The molecule has 0 atom stereocenters. The summed E-state index contributed by atoms with van der Waals surface area (Å²) in [6.07, 6.45) is 3.10. The molecule has 5 rings (SSSR count). The molecule has 2 aliphatic rings. The average Bonchev–Trinajstić information content (AvgIpc) is 3.45. The lowest BCUT2D eigenvalue weighted by Crippen LogP contribution is -2.48. The normalized spacial score (nSPS) is 18.7. The molecule has 9 heteroatoms. The third-order valence-corrected chi connectivity index (χ3v) is 8.98. The number of aromatic nitrogens is 1. The molecule has 2 aromatic heterocycles. The third kappa shape index (κ3) is 3.48. The van der Waals surface area contributed by atoms with Gasteiger partial charge < -0.3 is 14.2 Å². The zero-order valence-corrected chi connectivity index (χ0v) is 17.4. The van der Waals surface area contributed by atoms with Gasteiger partial charge in [0.2, 0.25) is 0 Å². The van der Waals surface area contributed by atoms with Crippen LogP contribution in [0.25, 0.3) is 10.6 Å². The number of piperidine rings is 1. The second kappa shape index (κ2) is 7.56. The molecule has 1 saturated heterocycles. The molecule has 152 valence electrons. The van der Waals surface area contributed by atoms with E-state index in [2.05, 4.69) is 22.2 Å². The van der Waals surface area contributed by atoms with Gasteiger partial charge in [-0.15, -0.1) is 11.3 Å². The van der Waals surface area contributed by atoms with Crippen molar-refractivity contribution in [2.45, 2.75) is 29.7 Å². The fourth-order valence-electron chi connectivity index (χ4n) is 3.99. The number of hydrogen-bond donors (Lipinski definition) is 0. The molecule has 3 aromatic rings. The third-order valence-electron chi connectivity index (χ3n) is 5.51. The van der Waals surface area contributed by atoms with Crippen molar-refractivity contribution >= 4 is 27.0 Å². The number of para-hydroxylation sites is 1. The van der Waals surface area contributed by atoms with Gasteiger partial charge in [-0.3, -0.25) is 0 Å². The summed E-state index contributed by atoms with van der Waals surface area (Å²) >= 11 is 1.22. The van der Waals surface area contributed by atoms with Crippen LogP contribution < -0.4 is 4.90 Å². The van der Waals surface area contributed by atoms with Crippen molar-refractivity contribution in [2.24, 2.45) is 0 Å². The predicted octanol–water partition coefficient (Wildman–Crippen LogP) is 3.55. The van der Waals surface area contributed by atoms with Gasteiger partial charge in [0.05, 0.1) is 17.7 Å². The minimum absolute atomic E-state index is 0.274. The van der Waals surface area contributed by atoms with Crippen LogP contribution in [0, 0.1) is 0 Å². The molecular weight excluding hydrogens is 410 g/mol. The van der Waals surface area contributed by atoms with Crippen LogP contribution in [-0.2, 0) is 21.4 Å². The van der Waals surface area contributed by atoms with Crippen molar-refractivity contribution in [1.82, 2.24) is 9.46 Å². The van der Waals surface area contributed by atoms with Gasteiger partial charge in [-0.05, 0) is 31.0 Å². The summed E-state index contributed by atoms with van der Waals surface area (Å²) in [4.78, 5) is 3.04. The van der Waals surface area contributed by atoms with E-state index in [9.17, 15) is 8.42 Å². The quantitative estimate of drug-likeness (QED) is 0.629. The highest BCUT2D eigenvalue weighted by Crippen LogP contribution is 2.35. The Kier molecular flexibility index (Phi) is 4.91. The number of fused-ring (bicyclic) bond motifs is 1. The Balaban J connectivity index is 1.30. The number of ether oxygens (including phenoxy) is 1. The van der Waals surface area contributed by atoms with Crippen molar-refractivity contribution in [3.05, 3.63) is 54.2 Å². The van der Waals surface area contributed by atoms with E-state index in [-0.39, 0.29) is 6.04 Å². The highest BCUT2D eigenvalue weighted by atomic mass is 32.2. The number of thiophene rings is 1. The molecule has 0 N–H and O–H groups in total. The number of hydrogen-bond acceptors (Lipinski definition) is 7. The molecule has 0 bridgehead atoms. The van der Waals surface area contributed by atoms with Crippen molar-refractivity contribution in [3.8, 4) is 10.6 Å². The van der Waals surface area contributed by atoms with E-state index >= 15 is 0 Å². The van der Waals surface area contributed by atoms with Crippen LogP contribution in [0.2, 0.25) is 0 Å². The summed E-state index contributed by atoms with van der Waals surface area (Å²) in [6, 6.07) is 13.7. The topological polar surface area (TPSA) is 75.9 Å². The number of anilines is 1. The Morgan fingerprint density at radius 1 is 1.07 bits per heavy atom. The van der Waals surface area contributed by atoms with E-state index in [0.29, 0.717) is 36.4 Å². The van der Waals surface area contributed by atoms with Crippen LogP contribution in [0.4, 0.5) is 5.69 Å². The molecule has 0 aliphatic carbocycles. The minimum atomic E-state index is -3.51. The molecule has 4 heterocycles. The number of sulfonamides is 1. The molecule has 0 saturated carbocycles. The van der Waals surface area contributed by atoms with E-state index in [1.54, 1.807) is 28.7 Å². The van der Waals surface area contributed by atoms with Crippen LogP contribution in [0.1, 0.15) is 18.4 Å². The summed E-state index contributed by atoms with van der Waals surface area (Å²) in [6.45, 7) is 2.19. The molecule has 2 aliphatic heterocycles. The highest BCUT2D eigenvalue weighted by Gasteiger charge is 2.34. The van der Waals surface area contributed by atoms with Crippen LogP contribution in [-0.4, -0.2) is 43.7 Å². The Labute approximate surface area is 173 Å². The molecule has 0 amide bonds. The van der Waals surface area contributed by atoms with Crippen LogP contribution in [0.15, 0.2) is 57.4 Å². The Morgan fingerprint density at radius 2 is 1.90 bits per heavy atom. The molecule has 0 spiro atoms. The summed E-state index contributed by atoms with van der Waals surface area (Å²) < 4.78 is 39.0. The van der Waals surface area contributed by atoms with Gasteiger partial charge in [0, 0.05) is 36.4 Å². The lowest BCUT2D eigenvalue weighted by molar-refractivity contribution is 0.0988. The van der Waals surface area contributed by atoms with Gasteiger partial charge in [-0.2, -0.15) is 4.31 Å². The van der Waals surface area contributed by atoms with E-state index in [1.807, 2.05) is 12.1 Å². The summed E-state index contributed by atoms with van der Waals surface area (Å²) in [5.74, 6) is 0.582. The highest BCUT2D eigenvalue weighted by molar-refractivity contribution is 7.91. The lowest BCUT2D eigenvalue weighted by atomic mass is 10.0. The van der Waals surface area contributed by atoms with Crippen molar-refractivity contribution in [3.63, 3.8) is 0 Å². The second-order valence-electron chi connectivity index (χ2n) is 7.21. The van der Waals surface area contributed by atoms with Gasteiger partial charge in [0.25, 0.3) is 10.0 Å². The van der Waals surface area contributed by atoms with E-state index < -0.39 is 10.0 Å².